The minimum atomic E-state index is -0.120. The lowest BCUT2D eigenvalue weighted by Gasteiger charge is -2.15. The van der Waals surface area contributed by atoms with Crippen molar-refractivity contribution in [1.82, 2.24) is 15.0 Å². The monoisotopic (exact) mass is 353 g/mol. The standard InChI is InChI=1S/C19H19N3O2S/c1-22(19(23)17-15-9-5-6-10-16(15)21-24-17)11-14-12-25-18(20-14)13-7-3-2-4-8-13/h2-4,7-8,12H,5-6,9-11H2,1H3. The van der Waals surface area contributed by atoms with Gasteiger partial charge in [0.15, 0.2) is 0 Å². The summed E-state index contributed by atoms with van der Waals surface area (Å²) in [5.41, 5.74) is 3.92. The number of carbonyl (C=O) groups excluding carboxylic acids is 1. The number of nitrogens with zero attached hydrogens (tertiary/aromatic N) is 3. The van der Waals surface area contributed by atoms with Gasteiger partial charge in [-0.05, 0) is 25.7 Å². The first-order valence-corrected chi connectivity index (χ1v) is 9.33. The number of fused-ring (bicyclic) bond motifs is 1. The largest absolute Gasteiger partial charge is 0.350 e. The first kappa shape index (κ1) is 16.0. The minimum absolute atomic E-state index is 0.120. The van der Waals surface area contributed by atoms with Gasteiger partial charge in [0, 0.05) is 23.6 Å². The van der Waals surface area contributed by atoms with E-state index in [0.717, 1.165) is 53.2 Å². The van der Waals surface area contributed by atoms with Crippen LogP contribution in [0.4, 0.5) is 0 Å². The van der Waals surface area contributed by atoms with Gasteiger partial charge in [-0.2, -0.15) is 0 Å². The van der Waals surface area contributed by atoms with E-state index in [4.69, 9.17) is 4.52 Å². The van der Waals surface area contributed by atoms with Gasteiger partial charge in [0.2, 0.25) is 5.76 Å². The normalized spacial score (nSPS) is 13.5. The number of rotatable bonds is 4. The zero-order valence-electron chi connectivity index (χ0n) is 14.1. The molecule has 0 bridgehead atoms. The summed E-state index contributed by atoms with van der Waals surface area (Å²) in [6, 6.07) is 10.1. The molecule has 1 aliphatic carbocycles. The molecule has 6 heteroatoms. The van der Waals surface area contributed by atoms with E-state index in [1.165, 1.54) is 0 Å². The smallest absolute Gasteiger partial charge is 0.292 e. The van der Waals surface area contributed by atoms with E-state index in [2.05, 4.69) is 10.1 Å². The second kappa shape index (κ2) is 6.80. The van der Waals surface area contributed by atoms with E-state index in [1.807, 2.05) is 35.7 Å². The molecule has 25 heavy (non-hydrogen) atoms. The van der Waals surface area contributed by atoms with Gasteiger partial charge in [-0.1, -0.05) is 35.5 Å². The Hall–Kier alpha value is -2.47. The Morgan fingerprint density at radius 1 is 1.24 bits per heavy atom. The zero-order valence-corrected chi connectivity index (χ0v) is 14.9. The highest BCUT2D eigenvalue weighted by molar-refractivity contribution is 7.13. The van der Waals surface area contributed by atoms with E-state index in [9.17, 15) is 4.79 Å². The van der Waals surface area contributed by atoms with Crippen LogP contribution in [0.5, 0.6) is 0 Å². The molecule has 4 rings (SSSR count). The molecule has 0 unspecified atom stereocenters. The summed E-state index contributed by atoms with van der Waals surface area (Å²) in [6.45, 7) is 0.456. The van der Waals surface area contributed by atoms with Crippen molar-refractivity contribution < 1.29 is 9.32 Å². The quantitative estimate of drug-likeness (QED) is 0.712. The number of benzene rings is 1. The topological polar surface area (TPSA) is 59.2 Å². The van der Waals surface area contributed by atoms with Crippen molar-refractivity contribution in [3.05, 3.63) is 58.4 Å². The van der Waals surface area contributed by atoms with Gasteiger partial charge in [-0.3, -0.25) is 4.79 Å². The number of aromatic nitrogens is 2. The van der Waals surface area contributed by atoms with Crippen molar-refractivity contribution >= 4 is 17.2 Å². The van der Waals surface area contributed by atoms with Gasteiger partial charge in [0.1, 0.15) is 5.01 Å². The Morgan fingerprint density at radius 3 is 2.88 bits per heavy atom. The maximum absolute atomic E-state index is 12.7. The molecule has 0 atom stereocenters. The van der Waals surface area contributed by atoms with Gasteiger partial charge in [0.05, 0.1) is 17.9 Å². The predicted molar refractivity (Wildman–Crippen MR) is 96.5 cm³/mol. The van der Waals surface area contributed by atoms with E-state index < -0.39 is 0 Å². The molecule has 1 amide bonds. The number of hydrogen-bond donors (Lipinski definition) is 0. The van der Waals surface area contributed by atoms with E-state index >= 15 is 0 Å². The highest BCUT2D eigenvalue weighted by Crippen LogP contribution is 2.26. The Kier molecular flexibility index (Phi) is 4.36. The van der Waals surface area contributed by atoms with Gasteiger partial charge >= 0.3 is 0 Å². The van der Waals surface area contributed by atoms with Crippen molar-refractivity contribution in [2.75, 3.05) is 7.05 Å². The van der Waals surface area contributed by atoms with Crippen molar-refractivity contribution in [2.45, 2.75) is 32.2 Å². The molecule has 0 fully saturated rings. The van der Waals surface area contributed by atoms with Crippen LogP contribution in [0.1, 0.15) is 40.3 Å². The van der Waals surface area contributed by atoms with Crippen LogP contribution < -0.4 is 0 Å². The summed E-state index contributed by atoms with van der Waals surface area (Å²) in [7, 11) is 1.78. The SMILES string of the molecule is CN(Cc1csc(-c2ccccc2)n1)C(=O)c1onc2c1CCCC2. The number of amides is 1. The number of carbonyl (C=O) groups is 1. The number of hydrogen-bond acceptors (Lipinski definition) is 5. The van der Waals surface area contributed by atoms with Crippen LogP contribution in [-0.2, 0) is 19.4 Å². The molecule has 0 radical (unpaired) electrons. The van der Waals surface area contributed by atoms with Crippen LogP contribution >= 0.6 is 11.3 Å². The molecule has 0 N–H and O–H groups in total. The predicted octanol–water partition coefficient (Wildman–Crippen LogP) is 3.95. The van der Waals surface area contributed by atoms with Crippen LogP contribution in [-0.4, -0.2) is 28.0 Å². The average Bonchev–Trinajstić information content (AvgIpc) is 3.29. The van der Waals surface area contributed by atoms with E-state index in [1.54, 1.807) is 23.3 Å². The Balaban J connectivity index is 1.49. The van der Waals surface area contributed by atoms with Crippen molar-refractivity contribution in [1.29, 1.82) is 0 Å². The van der Waals surface area contributed by atoms with Crippen LogP contribution in [0, 0.1) is 0 Å². The lowest BCUT2D eigenvalue weighted by atomic mass is 9.96. The molecular formula is C19H19N3O2S. The van der Waals surface area contributed by atoms with E-state index in [0.29, 0.717) is 12.3 Å². The Bertz CT molecular complexity index is 885. The summed E-state index contributed by atoms with van der Waals surface area (Å²) < 4.78 is 5.35. The van der Waals surface area contributed by atoms with Crippen molar-refractivity contribution in [3.8, 4) is 10.6 Å². The fourth-order valence-electron chi connectivity index (χ4n) is 3.14. The Morgan fingerprint density at radius 2 is 2.04 bits per heavy atom. The Labute approximate surface area is 150 Å². The average molecular weight is 353 g/mol. The number of aryl methyl sites for hydroxylation is 1. The lowest BCUT2D eigenvalue weighted by Crippen LogP contribution is -2.27. The van der Waals surface area contributed by atoms with Crippen LogP contribution in [0.15, 0.2) is 40.2 Å². The van der Waals surface area contributed by atoms with Crippen LogP contribution in [0.2, 0.25) is 0 Å². The molecule has 2 heterocycles. The third-order valence-corrected chi connectivity index (χ3v) is 5.41. The molecule has 2 aromatic heterocycles. The summed E-state index contributed by atoms with van der Waals surface area (Å²) in [4.78, 5) is 19.0. The van der Waals surface area contributed by atoms with Gasteiger partial charge in [-0.25, -0.2) is 4.98 Å². The lowest BCUT2D eigenvalue weighted by molar-refractivity contribution is 0.0740. The van der Waals surface area contributed by atoms with Crippen LogP contribution in [0.3, 0.4) is 0 Å². The molecule has 128 valence electrons. The second-order valence-corrected chi connectivity index (χ2v) is 7.17. The molecular weight excluding hydrogens is 334 g/mol. The van der Waals surface area contributed by atoms with E-state index in [-0.39, 0.29) is 5.91 Å². The van der Waals surface area contributed by atoms with Gasteiger partial charge in [-0.15, -0.1) is 11.3 Å². The van der Waals surface area contributed by atoms with Crippen molar-refractivity contribution in [2.24, 2.45) is 0 Å². The summed E-state index contributed by atoms with van der Waals surface area (Å²) in [5, 5.41) is 7.04. The highest BCUT2D eigenvalue weighted by atomic mass is 32.1. The van der Waals surface area contributed by atoms with Gasteiger partial charge < -0.3 is 9.42 Å². The molecule has 0 spiro atoms. The molecule has 3 aromatic rings. The molecule has 1 aliphatic rings. The maximum Gasteiger partial charge on any atom is 0.292 e. The highest BCUT2D eigenvalue weighted by Gasteiger charge is 2.26. The zero-order chi connectivity index (χ0) is 17.2. The molecule has 0 saturated carbocycles. The van der Waals surface area contributed by atoms with Crippen molar-refractivity contribution in [3.63, 3.8) is 0 Å². The summed E-state index contributed by atoms with van der Waals surface area (Å²) >= 11 is 1.59. The van der Waals surface area contributed by atoms with Gasteiger partial charge in [0.25, 0.3) is 5.91 Å². The summed E-state index contributed by atoms with van der Waals surface area (Å²) in [6.07, 6.45) is 3.99. The molecule has 0 saturated heterocycles. The third kappa shape index (κ3) is 3.22. The molecule has 1 aromatic carbocycles. The fourth-order valence-corrected chi connectivity index (χ4v) is 3.96. The number of thiazole rings is 1. The molecule has 5 nitrogen and oxygen atoms in total. The summed E-state index contributed by atoms with van der Waals surface area (Å²) in [5.74, 6) is 0.278. The first-order chi connectivity index (χ1) is 12.2. The van der Waals surface area contributed by atoms with Crippen LogP contribution in [0.25, 0.3) is 10.6 Å². The fraction of sp³-hybridized carbons (Fsp3) is 0.316. The second-order valence-electron chi connectivity index (χ2n) is 6.32. The minimum Gasteiger partial charge on any atom is -0.350 e. The third-order valence-electron chi connectivity index (χ3n) is 4.47. The maximum atomic E-state index is 12.7. The molecule has 0 aliphatic heterocycles. The first-order valence-electron chi connectivity index (χ1n) is 8.45.